The van der Waals surface area contributed by atoms with Crippen molar-refractivity contribution in [2.45, 2.75) is 12.5 Å². The van der Waals surface area contributed by atoms with Gasteiger partial charge < -0.3 is 5.32 Å². The van der Waals surface area contributed by atoms with Crippen molar-refractivity contribution >= 4 is 39.1 Å². The molecule has 106 valence electrons. The van der Waals surface area contributed by atoms with E-state index in [-0.39, 0.29) is 11.9 Å². The topological polar surface area (TPSA) is 12.0 Å². The Bertz CT molecular complexity index is 619. The quantitative estimate of drug-likeness (QED) is 0.753. The first kappa shape index (κ1) is 15.8. The molecular formula is C15H13BrCl2FN. The molecule has 0 bridgehead atoms. The van der Waals surface area contributed by atoms with Gasteiger partial charge in [0.25, 0.3) is 0 Å². The molecule has 0 aliphatic carbocycles. The number of hydrogen-bond donors (Lipinski definition) is 1. The van der Waals surface area contributed by atoms with Crippen LogP contribution >= 0.6 is 39.1 Å². The molecular weight excluding hydrogens is 364 g/mol. The molecule has 2 rings (SSSR count). The van der Waals surface area contributed by atoms with Crippen molar-refractivity contribution < 1.29 is 4.39 Å². The highest BCUT2D eigenvalue weighted by Gasteiger charge is 2.16. The Morgan fingerprint density at radius 3 is 2.55 bits per heavy atom. The number of rotatable bonds is 4. The molecule has 0 aliphatic heterocycles. The molecule has 1 nitrogen and oxygen atoms in total. The molecule has 1 atom stereocenters. The van der Waals surface area contributed by atoms with Crippen molar-refractivity contribution in [3.63, 3.8) is 0 Å². The fraction of sp³-hybridized carbons (Fsp3) is 0.200. The van der Waals surface area contributed by atoms with Gasteiger partial charge in [-0.3, -0.25) is 0 Å². The first-order chi connectivity index (χ1) is 9.51. The Kier molecular flexibility index (Phi) is 5.44. The minimum atomic E-state index is -0.300. The molecule has 0 fully saturated rings. The van der Waals surface area contributed by atoms with Gasteiger partial charge in [-0.1, -0.05) is 51.3 Å². The Labute approximate surface area is 136 Å². The van der Waals surface area contributed by atoms with Crippen LogP contribution in [0.5, 0.6) is 0 Å². The van der Waals surface area contributed by atoms with Gasteiger partial charge in [0.05, 0.1) is 0 Å². The molecule has 0 heterocycles. The summed E-state index contributed by atoms with van der Waals surface area (Å²) in [6.07, 6.45) is 0.501. The monoisotopic (exact) mass is 375 g/mol. The highest BCUT2D eigenvalue weighted by Crippen LogP contribution is 2.29. The predicted octanol–water partition coefficient (Wildman–Crippen LogP) is 5.40. The van der Waals surface area contributed by atoms with E-state index in [0.717, 1.165) is 10.0 Å². The zero-order valence-electron chi connectivity index (χ0n) is 10.8. The summed E-state index contributed by atoms with van der Waals surface area (Å²) in [6, 6.07) is 10.3. The Hall–Kier alpha value is -0.610. The Morgan fingerprint density at radius 1 is 1.20 bits per heavy atom. The molecule has 1 unspecified atom stereocenters. The highest BCUT2D eigenvalue weighted by molar-refractivity contribution is 9.10. The maximum absolute atomic E-state index is 13.9. The van der Waals surface area contributed by atoms with Gasteiger partial charge in [-0.15, -0.1) is 0 Å². The molecule has 20 heavy (non-hydrogen) atoms. The first-order valence-electron chi connectivity index (χ1n) is 6.07. The molecule has 1 N–H and O–H groups in total. The van der Waals surface area contributed by atoms with Crippen LogP contribution in [0.4, 0.5) is 4.39 Å². The van der Waals surface area contributed by atoms with Crippen molar-refractivity contribution in [2.75, 3.05) is 7.05 Å². The summed E-state index contributed by atoms with van der Waals surface area (Å²) in [5, 5.41) is 4.21. The SMILES string of the molecule is CNC(Cc1ccc(Cl)cc1F)c1ccc(Br)cc1Cl. The van der Waals surface area contributed by atoms with Gasteiger partial charge in [0.2, 0.25) is 0 Å². The zero-order chi connectivity index (χ0) is 14.7. The van der Waals surface area contributed by atoms with Gasteiger partial charge in [-0.25, -0.2) is 4.39 Å². The second-order valence-electron chi connectivity index (χ2n) is 4.45. The summed E-state index contributed by atoms with van der Waals surface area (Å²) < 4.78 is 14.8. The molecule has 0 aliphatic rings. The summed E-state index contributed by atoms with van der Waals surface area (Å²) in [5.74, 6) is -0.300. The molecule has 2 aromatic rings. The highest BCUT2D eigenvalue weighted by atomic mass is 79.9. The molecule has 0 saturated heterocycles. The van der Waals surface area contributed by atoms with Crippen LogP contribution in [0.2, 0.25) is 10.0 Å². The minimum Gasteiger partial charge on any atom is -0.313 e. The number of halogens is 4. The van der Waals surface area contributed by atoms with E-state index in [1.165, 1.54) is 6.07 Å². The van der Waals surface area contributed by atoms with E-state index < -0.39 is 0 Å². The number of likely N-dealkylation sites (N-methyl/N-ethyl adjacent to an activating group) is 1. The lowest BCUT2D eigenvalue weighted by molar-refractivity contribution is 0.554. The summed E-state index contributed by atoms with van der Waals surface area (Å²) >= 11 is 15.4. The molecule has 0 saturated carbocycles. The second kappa shape index (κ2) is 6.90. The van der Waals surface area contributed by atoms with E-state index in [1.807, 2.05) is 25.2 Å². The van der Waals surface area contributed by atoms with Crippen LogP contribution in [-0.2, 0) is 6.42 Å². The summed E-state index contributed by atoms with van der Waals surface area (Å²) in [6.45, 7) is 0. The van der Waals surface area contributed by atoms with Crippen LogP contribution < -0.4 is 5.32 Å². The second-order valence-corrected chi connectivity index (χ2v) is 6.21. The number of benzene rings is 2. The Balaban J connectivity index is 2.28. The maximum atomic E-state index is 13.9. The predicted molar refractivity (Wildman–Crippen MR) is 86.1 cm³/mol. The van der Waals surface area contributed by atoms with Crippen LogP contribution in [0.25, 0.3) is 0 Å². The van der Waals surface area contributed by atoms with E-state index >= 15 is 0 Å². The van der Waals surface area contributed by atoms with E-state index in [0.29, 0.717) is 22.0 Å². The van der Waals surface area contributed by atoms with Gasteiger partial charge in [-0.05, 0) is 48.9 Å². The molecule has 0 spiro atoms. The van der Waals surface area contributed by atoms with Gasteiger partial charge >= 0.3 is 0 Å². The average molecular weight is 377 g/mol. The lowest BCUT2D eigenvalue weighted by Gasteiger charge is -2.19. The lowest BCUT2D eigenvalue weighted by atomic mass is 9.98. The van der Waals surface area contributed by atoms with Gasteiger partial charge in [-0.2, -0.15) is 0 Å². The van der Waals surface area contributed by atoms with Crippen LogP contribution in [0.15, 0.2) is 40.9 Å². The largest absolute Gasteiger partial charge is 0.313 e. The lowest BCUT2D eigenvalue weighted by Crippen LogP contribution is -2.19. The molecule has 2 aromatic carbocycles. The number of hydrogen-bond acceptors (Lipinski definition) is 1. The van der Waals surface area contributed by atoms with Gasteiger partial charge in [0.15, 0.2) is 0 Å². The normalized spacial score (nSPS) is 12.4. The van der Waals surface area contributed by atoms with Crippen molar-refractivity contribution in [1.82, 2.24) is 5.32 Å². The van der Waals surface area contributed by atoms with Crippen LogP contribution in [0, 0.1) is 5.82 Å². The average Bonchev–Trinajstić information content (AvgIpc) is 2.39. The van der Waals surface area contributed by atoms with Crippen molar-refractivity contribution in [3.8, 4) is 0 Å². The molecule has 0 radical (unpaired) electrons. The summed E-state index contributed by atoms with van der Waals surface area (Å²) in [4.78, 5) is 0. The number of nitrogens with one attached hydrogen (secondary N) is 1. The van der Waals surface area contributed by atoms with Gasteiger partial charge in [0, 0.05) is 20.6 Å². The van der Waals surface area contributed by atoms with Crippen LogP contribution in [0.3, 0.4) is 0 Å². The molecule has 0 aromatic heterocycles. The van der Waals surface area contributed by atoms with Gasteiger partial charge in [0.1, 0.15) is 5.82 Å². The fourth-order valence-corrected chi connectivity index (χ4v) is 3.02. The third-order valence-electron chi connectivity index (χ3n) is 3.13. The van der Waals surface area contributed by atoms with E-state index in [2.05, 4.69) is 21.2 Å². The third-order valence-corrected chi connectivity index (χ3v) is 4.18. The fourth-order valence-electron chi connectivity index (χ4n) is 2.06. The smallest absolute Gasteiger partial charge is 0.127 e. The van der Waals surface area contributed by atoms with Crippen molar-refractivity contribution in [1.29, 1.82) is 0 Å². The summed E-state index contributed by atoms with van der Waals surface area (Å²) in [7, 11) is 1.83. The minimum absolute atomic E-state index is 0.0636. The third kappa shape index (κ3) is 3.73. The van der Waals surface area contributed by atoms with Crippen molar-refractivity contribution in [3.05, 3.63) is 67.9 Å². The molecule has 0 amide bonds. The van der Waals surface area contributed by atoms with Crippen LogP contribution in [0.1, 0.15) is 17.2 Å². The van der Waals surface area contributed by atoms with Crippen molar-refractivity contribution in [2.24, 2.45) is 0 Å². The van der Waals surface area contributed by atoms with Crippen LogP contribution in [-0.4, -0.2) is 7.05 Å². The maximum Gasteiger partial charge on any atom is 0.127 e. The summed E-state index contributed by atoms with van der Waals surface area (Å²) in [5.41, 5.74) is 1.54. The van der Waals surface area contributed by atoms with E-state index in [4.69, 9.17) is 23.2 Å². The Morgan fingerprint density at radius 2 is 1.95 bits per heavy atom. The molecule has 5 heteroatoms. The first-order valence-corrected chi connectivity index (χ1v) is 7.62. The van der Waals surface area contributed by atoms with E-state index in [1.54, 1.807) is 12.1 Å². The standard InChI is InChI=1S/C15H13BrCl2FN/c1-20-15(12-5-3-10(16)7-13(12)18)6-9-2-4-11(17)8-14(9)19/h2-5,7-8,15,20H,6H2,1H3. The zero-order valence-corrected chi connectivity index (χ0v) is 13.9. The van der Waals surface area contributed by atoms with E-state index in [9.17, 15) is 4.39 Å².